The van der Waals surface area contributed by atoms with E-state index in [-0.39, 0.29) is 5.69 Å². The van der Waals surface area contributed by atoms with E-state index < -0.39 is 4.92 Å². The van der Waals surface area contributed by atoms with E-state index in [0.717, 1.165) is 11.4 Å². The maximum atomic E-state index is 10.7. The number of hydrogen-bond donors (Lipinski definition) is 1. The van der Waals surface area contributed by atoms with Gasteiger partial charge < -0.3 is 9.88 Å². The van der Waals surface area contributed by atoms with Gasteiger partial charge in [0, 0.05) is 31.1 Å². The molecule has 2 aromatic rings. The molecule has 0 amide bonds. The van der Waals surface area contributed by atoms with Crippen LogP contribution in [0, 0.1) is 10.1 Å². The van der Waals surface area contributed by atoms with E-state index in [9.17, 15) is 10.1 Å². The van der Waals surface area contributed by atoms with Crippen LogP contribution in [-0.2, 0) is 6.54 Å². The Hall–Kier alpha value is -2.37. The molecule has 0 aliphatic carbocycles. The molecule has 1 aromatic heterocycles. The number of anilines is 1. The number of imidazole rings is 1. The van der Waals surface area contributed by atoms with Crippen LogP contribution >= 0.6 is 0 Å². The third-order valence-corrected chi connectivity index (χ3v) is 2.44. The number of benzene rings is 1. The summed E-state index contributed by atoms with van der Waals surface area (Å²) in [6.45, 7) is 0.626. The summed E-state index contributed by atoms with van der Waals surface area (Å²) in [5, 5.41) is 10.7. The summed E-state index contributed by atoms with van der Waals surface area (Å²) < 4.78 is 0. The number of rotatable bonds is 4. The average molecular weight is 232 g/mol. The normalized spacial score (nSPS) is 10.2. The molecule has 1 N–H and O–H groups in total. The van der Waals surface area contributed by atoms with Crippen LogP contribution in [0.25, 0.3) is 0 Å². The highest BCUT2D eigenvalue weighted by Gasteiger charge is 2.09. The van der Waals surface area contributed by atoms with Gasteiger partial charge in [0.25, 0.3) is 5.69 Å². The Morgan fingerprint density at radius 2 is 2.35 bits per heavy atom. The fourth-order valence-electron chi connectivity index (χ4n) is 1.56. The highest BCUT2D eigenvalue weighted by atomic mass is 16.6. The first-order chi connectivity index (χ1) is 8.16. The molecule has 0 bridgehead atoms. The van der Waals surface area contributed by atoms with E-state index in [0.29, 0.717) is 6.54 Å². The van der Waals surface area contributed by atoms with Crippen molar-refractivity contribution in [2.24, 2.45) is 0 Å². The van der Waals surface area contributed by atoms with Crippen LogP contribution in [0.5, 0.6) is 0 Å². The number of nitro benzene ring substituents is 1. The van der Waals surface area contributed by atoms with E-state index in [1.165, 1.54) is 6.07 Å². The Bertz CT molecular complexity index is 510. The fraction of sp³-hybridized carbons (Fsp3) is 0.182. The summed E-state index contributed by atoms with van der Waals surface area (Å²) in [5.41, 5.74) is 1.85. The van der Waals surface area contributed by atoms with E-state index in [1.807, 2.05) is 18.0 Å². The number of nitro groups is 1. The number of hydrogen-bond acceptors (Lipinski definition) is 4. The molecule has 0 saturated heterocycles. The van der Waals surface area contributed by atoms with Gasteiger partial charge in [0.05, 0.1) is 23.5 Å². The average Bonchev–Trinajstić information content (AvgIpc) is 2.82. The van der Waals surface area contributed by atoms with Gasteiger partial charge in [-0.2, -0.15) is 0 Å². The summed E-state index contributed by atoms with van der Waals surface area (Å²) in [7, 11) is 1.87. The lowest BCUT2D eigenvalue weighted by Gasteiger charge is -2.17. The van der Waals surface area contributed by atoms with Crippen molar-refractivity contribution in [3.8, 4) is 0 Å². The first-order valence-electron chi connectivity index (χ1n) is 5.09. The third-order valence-electron chi connectivity index (χ3n) is 2.44. The highest BCUT2D eigenvalue weighted by Crippen LogP contribution is 2.20. The van der Waals surface area contributed by atoms with Crippen molar-refractivity contribution >= 4 is 11.4 Å². The SMILES string of the molecule is CN(Cc1cnc[nH]1)c1cccc([N+](=O)[O-])c1. The molecule has 0 aliphatic rings. The molecule has 0 aliphatic heterocycles. The van der Waals surface area contributed by atoms with Crippen molar-refractivity contribution in [3.05, 3.63) is 52.6 Å². The van der Waals surface area contributed by atoms with Crippen molar-refractivity contribution in [1.82, 2.24) is 9.97 Å². The molecule has 0 saturated carbocycles. The molecular formula is C11H12N4O2. The molecule has 88 valence electrons. The maximum absolute atomic E-state index is 10.7. The van der Waals surface area contributed by atoms with Gasteiger partial charge in [-0.05, 0) is 6.07 Å². The monoisotopic (exact) mass is 232 g/mol. The molecule has 1 aromatic carbocycles. The lowest BCUT2D eigenvalue weighted by molar-refractivity contribution is -0.384. The topological polar surface area (TPSA) is 75.1 Å². The zero-order chi connectivity index (χ0) is 12.3. The van der Waals surface area contributed by atoms with E-state index in [1.54, 1.807) is 24.7 Å². The Labute approximate surface area is 98.1 Å². The molecule has 1 heterocycles. The number of H-pyrrole nitrogens is 1. The minimum Gasteiger partial charge on any atom is -0.369 e. The number of non-ortho nitro benzene ring substituents is 1. The molecule has 6 nitrogen and oxygen atoms in total. The Morgan fingerprint density at radius 1 is 1.53 bits per heavy atom. The van der Waals surface area contributed by atoms with Gasteiger partial charge in [-0.3, -0.25) is 10.1 Å². The van der Waals surface area contributed by atoms with Crippen LogP contribution in [0.4, 0.5) is 11.4 Å². The summed E-state index contributed by atoms with van der Waals surface area (Å²) in [4.78, 5) is 19.1. The quantitative estimate of drug-likeness (QED) is 0.645. The standard InChI is InChI=1S/C11H12N4O2/c1-14(7-9-6-12-8-13-9)10-3-2-4-11(5-10)15(16)17/h2-6,8H,7H2,1H3,(H,12,13). The van der Waals surface area contributed by atoms with Crippen molar-refractivity contribution in [2.45, 2.75) is 6.54 Å². The summed E-state index contributed by atoms with van der Waals surface area (Å²) in [6.07, 6.45) is 3.34. The van der Waals surface area contributed by atoms with Gasteiger partial charge in [-0.15, -0.1) is 0 Å². The van der Waals surface area contributed by atoms with Gasteiger partial charge in [0.15, 0.2) is 0 Å². The Kier molecular flexibility index (Phi) is 3.04. The summed E-state index contributed by atoms with van der Waals surface area (Å²) >= 11 is 0. The maximum Gasteiger partial charge on any atom is 0.271 e. The zero-order valence-electron chi connectivity index (χ0n) is 9.33. The second-order valence-corrected chi connectivity index (χ2v) is 3.71. The Morgan fingerprint density at radius 3 is 3.00 bits per heavy atom. The molecule has 17 heavy (non-hydrogen) atoms. The predicted octanol–water partition coefficient (Wildman–Crippen LogP) is 1.95. The third kappa shape index (κ3) is 2.60. The summed E-state index contributed by atoms with van der Waals surface area (Å²) in [6, 6.07) is 6.55. The number of aromatic nitrogens is 2. The molecule has 0 atom stereocenters. The molecule has 0 unspecified atom stereocenters. The number of nitrogens with zero attached hydrogens (tertiary/aromatic N) is 3. The van der Waals surface area contributed by atoms with E-state index in [4.69, 9.17) is 0 Å². The molecule has 0 spiro atoms. The van der Waals surface area contributed by atoms with Crippen molar-refractivity contribution in [1.29, 1.82) is 0 Å². The van der Waals surface area contributed by atoms with Crippen molar-refractivity contribution in [2.75, 3.05) is 11.9 Å². The van der Waals surface area contributed by atoms with Crippen LogP contribution in [-0.4, -0.2) is 21.9 Å². The van der Waals surface area contributed by atoms with Gasteiger partial charge in [-0.25, -0.2) is 4.98 Å². The van der Waals surface area contributed by atoms with Crippen LogP contribution in [0.1, 0.15) is 5.69 Å². The van der Waals surface area contributed by atoms with Crippen LogP contribution in [0.2, 0.25) is 0 Å². The minimum absolute atomic E-state index is 0.0963. The Balaban J connectivity index is 2.16. The lowest BCUT2D eigenvalue weighted by Crippen LogP contribution is -2.16. The van der Waals surface area contributed by atoms with Crippen molar-refractivity contribution < 1.29 is 4.92 Å². The first kappa shape index (κ1) is 11.1. The highest BCUT2D eigenvalue weighted by molar-refractivity contribution is 5.52. The number of aromatic amines is 1. The van der Waals surface area contributed by atoms with Gasteiger partial charge >= 0.3 is 0 Å². The van der Waals surface area contributed by atoms with Crippen molar-refractivity contribution in [3.63, 3.8) is 0 Å². The fourth-order valence-corrected chi connectivity index (χ4v) is 1.56. The smallest absolute Gasteiger partial charge is 0.271 e. The zero-order valence-corrected chi connectivity index (χ0v) is 9.33. The second-order valence-electron chi connectivity index (χ2n) is 3.71. The van der Waals surface area contributed by atoms with Gasteiger partial charge in [-0.1, -0.05) is 6.07 Å². The minimum atomic E-state index is -0.395. The summed E-state index contributed by atoms with van der Waals surface area (Å²) in [5.74, 6) is 0. The molecule has 6 heteroatoms. The predicted molar refractivity (Wildman–Crippen MR) is 63.8 cm³/mol. The number of nitrogens with one attached hydrogen (secondary N) is 1. The first-order valence-corrected chi connectivity index (χ1v) is 5.09. The molecule has 0 fully saturated rings. The molecular weight excluding hydrogens is 220 g/mol. The lowest BCUT2D eigenvalue weighted by atomic mass is 10.2. The largest absolute Gasteiger partial charge is 0.369 e. The molecule has 2 rings (SSSR count). The van der Waals surface area contributed by atoms with E-state index in [2.05, 4.69) is 9.97 Å². The van der Waals surface area contributed by atoms with Crippen LogP contribution < -0.4 is 4.90 Å². The van der Waals surface area contributed by atoms with E-state index >= 15 is 0 Å². The van der Waals surface area contributed by atoms with Crippen LogP contribution in [0.3, 0.4) is 0 Å². The molecule has 0 radical (unpaired) electrons. The van der Waals surface area contributed by atoms with Crippen LogP contribution in [0.15, 0.2) is 36.8 Å². The van der Waals surface area contributed by atoms with Gasteiger partial charge in [0.2, 0.25) is 0 Å². The van der Waals surface area contributed by atoms with Gasteiger partial charge in [0.1, 0.15) is 0 Å². The second kappa shape index (κ2) is 4.65.